The van der Waals surface area contributed by atoms with Crippen LogP contribution >= 0.6 is 69.9 Å². The third-order valence-corrected chi connectivity index (χ3v) is 24.5. The Bertz CT molecular complexity index is 2250. The molecule has 5 atom stereocenters. The summed E-state index contributed by atoms with van der Waals surface area (Å²) in [6.45, 7) is 36.6. The first-order chi connectivity index (χ1) is 31.8. The van der Waals surface area contributed by atoms with Crippen LogP contribution in [0.2, 0.25) is 36.3 Å². The van der Waals surface area contributed by atoms with E-state index in [1.165, 1.54) is 30.3 Å². The van der Waals surface area contributed by atoms with Gasteiger partial charge in [0.15, 0.2) is 16.6 Å². The van der Waals surface area contributed by atoms with E-state index in [0.29, 0.717) is 15.6 Å². The second-order valence-corrected chi connectivity index (χ2v) is 36.1. The highest BCUT2D eigenvalue weighted by molar-refractivity contribution is 9.10. The molecular formula is C53H101BrF3N3O9S6Si2. The van der Waals surface area contributed by atoms with Gasteiger partial charge in [-0.15, -0.1) is 0 Å². The summed E-state index contributed by atoms with van der Waals surface area (Å²) in [6.07, 6.45) is 0. The Kier molecular flexibility index (Phi) is 44.8. The van der Waals surface area contributed by atoms with Crippen LogP contribution in [0.1, 0.15) is 175 Å². The zero-order valence-electron chi connectivity index (χ0n) is 46.6. The van der Waals surface area contributed by atoms with Crippen molar-refractivity contribution < 1.29 is 54.6 Å². The molecule has 3 rings (SSSR count). The van der Waals surface area contributed by atoms with Crippen LogP contribution in [-0.2, 0) is 40.3 Å². The van der Waals surface area contributed by atoms with Crippen LogP contribution in [-0.4, -0.2) is 84.6 Å². The molecule has 0 saturated carbocycles. The number of hydrogen-bond acceptors (Lipinski definition) is 10. The van der Waals surface area contributed by atoms with E-state index in [2.05, 4.69) is 93.1 Å². The number of nitrogens with one attached hydrogen (secondary N) is 2. The molecule has 0 aromatic heterocycles. The molecule has 0 fully saturated rings. The Morgan fingerprint density at radius 3 is 1.16 bits per heavy atom. The van der Waals surface area contributed by atoms with E-state index in [0.717, 1.165) is 12.1 Å². The van der Waals surface area contributed by atoms with Crippen LogP contribution in [0.3, 0.4) is 0 Å². The molecular weight excluding hydrogens is 1210 g/mol. The van der Waals surface area contributed by atoms with Crippen LogP contribution in [0.5, 0.6) is 0 Å². The van der Waals surface area contributed by atoms with Crippen molar-refractivity contribution in [3.63, 3.8) is 0 Å². The summed E-state index contributed by atoms with van der Waals surface area (Å²) in [5.74, 6) is -2.66. The predicted molar refractivity (Wildman–Crippen MR) is 348 cm³/mol. The van der Waals surface area contributed by atoms with Crippen molar-refractivity contribution in [2.75, 3.05) is 33.0 Å². The van der Waals surface area contributed by atoms with Crippen molar-refractivity contribution in [1.29, 1.82) is 0 Å². The van der Waals surface area contributed by atoms with Crippen molar-refractivity contribution in [3.8, 4) is 0 Å². The third kappa shape index (κ3) is 29.5. The van der Waals surface area contributed by atoms with Gasteiger partial charge >= 0.3 is 11.9 Å². The standard InChI is InChI=1S/C21H36FNO4SSi.C18H31BrFNO2SSi.C11H14FNO3.3CH4.4H2S/c1-10-26-19(24)15-11-12-16(17(22)13-15)18(23-28(25)20(2,3)4)14-27-29(8,9)21(5,6)7;1-17(2,3)24(22)21-16(12-23-25(7,8)18(4,5)6)14-10-9-13(19)11-15(14)20;1-2-16-11(15)7-3-4-8(9(12)5-7)10(13)6-14;;;;;;;/h11-13,18,23H,10,14H2,1-9H3;9-11,16,21H,12H2,1-8H3;3-5,10,14H,2,6,13H2,1H3;3*1H4;4*1H2/t18-,28+;16-,24+;10-;;;;;;;/m111......./s1. The number of ether oxygens (including phenoxy) is 2. The van der Waals surface area contributed by atoms with Crippen LogP contribution < -0.4 is 15.2 Å². The van der Waals surface area contributed by atoms with Crippen LogP contribution in [0.15, 0.2) is 59.1 Å². The average Bonchev–Trinajstić information content (AvgIpc) is 3.22. The molecule has 77 heavy (non-hydrogen) atoms. The molecule has 0 heterocycles. The Balaban J connectivity index is -0.000000189. The number of aliphatic hydroxyl groups excluding tert-OH is 1. The maximum Gasteiger partial charge on any atom is 0.338 e. The first kappa shape index (κ1) is 89.6. The zero-order chi connectivity index (χ0) is 54.4. The van der Waals surface area contributed by atoms with Gasteiger partial charge in [0, 0.05) is 21.2 Å². The van der Waals surface area contributed by atoms with E-state index in [-0.39, 0.29) is 142 Å². The molecule has 0 spiro atoms. The second kappa shape index (κ2) is 38.5. The van der Waals surface area contributed by atoms with Gasteiger partial charge in [0.1, 0.15) is 17.5 Å². The molecule has 3 aromatic rings. The number of carbonyl (C=O) groups excluding carboxylic acids is 2. The van der Waals surface area contributed by atoms with Gasteiger partial charge in [-0.1, -0.05) is 98.0 Å². The summed E-state index contributed by atoms with van der Waals surface area (Å²) in [5.41, 5.74) is 6.72. The minimum atomic E-state index is -2.09. The van der Waals surface area contributed by atoms with Gasteiger partial charge in [-0.3, -0.25) is 0 Å². The zero-order valence-corrected chi connectivity index (χ0v) is 55.8. The largest absolute Gasteiger partial charge is 0.462 e. The lowest BCUT2D eigenvalue weighted by Gasteiger charge is -2.37. The lowest BCUT2D eigenvalue weighted by Crippen LogP contribution is -2.44. The van der Waals surface area contributed by atoms with E-state index >= 15 is 0 Å². The predicted octanol–water partition coefficient (Wildman–Crippen LogP) is 14.2. The normalized spacial score (nSPS) is 13.4. The maximum atomic E-state index is 14.9. The van der Waals surface area contributed by atoms with Gasteiger partial charge in [-0.05, 0) is 128 Å². The number of hydrogen-bond donors (Lipinski definition) is 4. The summed E-state index contributed by atoms with van der Waals surface area (Å²) in [6, 6.07) is 11.2. The van der Waals surface area contributed by atoms with E-state index in [9.17, 15) is 31.2 Å². The monoisotopic (exact) mass is 1310 g/mol. The number of carbonyl (C=O) groups is 2. The van der Waals surface area contributed by atoms with E-state index in [1.807, 2.05) is 41.5 Å². The van der Waals surface area contributed by atoms with Crippen molar-refractivity contribution in [3.05, 3.63) is 104 Å². The van der Waals surface area contributed by atoms with E-state index in [4.69, 9.17) is 29.2 Å². The molecule has 3 aromatic carbocycles. The summed E-state index contributed by atoms with van der Waals surface area (Å²) in [4.78, 5) is 23.2. The molecule has 24 heteroatoms. The van der Waals surface area contributed by atoms with Crippen molar-refractivity contribution in [1.82, 2.24) is 9.44 Å². The lowest BCUT2D eigenvalue weighted by atomic mass is 10.1. The summed E-state index contributed by atoms with van der Waals surface area (Å²) < 4.78 is 96.2. The topological polar surface area (TPSA) is 176 Å². The first-order valence-electron chi connectivity index (χ1n) is 23.2. The molecule has 5 N–H and O–H groups in total. The van der Waals surface area contributed by atoms with Gasteiger partial charge < -0.3 is 29.2 Å². The third-order valence-electron chi connectivity index (χ3n) is 11.8. The number of halogens is 4. The second-order valence-electron chi connectivity index (χ2n) is 21.6. The fourth-order valence-electron chi connectivity index (χ4n) is 5.21. The molecule has 0 aliphatic rings. The van der Waals surface area contributed by atoms with Crippen LogP contribution in [0, 0.1) is 17.5 Å². The molecule has 0 radical (unpaired) electrons. The van der Waals surface area contributed by atoms with Gasteiger partial charge in [0.2, 0.25) is 0 Å². The maximum absolute atomic E-state index is 14.9. The van der Waals surface area contributed by atoms with Gasteiger partial charge in [0.25, 0.3) is 0 Å². The Morgan fingerprint density at radius 2 is 0.896 bits per heavy atom. The fraction of sp³-hybridized carbons (Fsp3) is 0.623. The van der Waals surface area contributed by atoms with Gasteiger partial charge in [0.05, 0.1) is 93.8 Å². The molecule has 12 nitrogen and oxygen atoms in total. The fourth-order valence-corrected chi connectivity index (χ4v) is 9.19. The summed E-state index contributed by atoms with van der Waals surface area (Å²) >= 11 is 3.28. The molecule has 454 valence electrons. The molecule has 0 bridgehead atoms. The van der Waals surface area contributed by atoms with E-state index in [1.54, 1.807) is 26.0 Å². The minimum Gasteiger partial charge on any atom is -0.462 e. The molecule has 0 aliphatic heterocycles. The molecule has 0 saturated heterocycles. The van der Waals surface area contributed by atoms with Gasteiger partial charge in [-0.25, -0.2) is 40.6 Å². The number of aliphatic hydroxyl groups is 1. The Labute approximate surface area is 507 Å². The highest BCUT2D eigenvalue weighted by atomic mass is 79.9. The lowest BCUT2D eigenvalue weighted by molar-refractivity contribution is 0.0516. The highest BCUT2D eigenvalue weighted by Crippen LogP contribution is 2.39. The summed E-state index contributed by atoms with van der Waals surface area (Å²) in [5, 5.41) is 8.84. The summed E-state index contributed by atoms with van der Waals surface area (Å²) in [7, 11) is -6.83. The van der Waals surface area contributed by atoms with Gasteiger partial charge in [-0.2, -0.15) is 54.0 Å². The SMILES string of the molecule is C.C.C.CC(C)(C)[S@](=O)N[C@H](CO[Si](C)(C)C(C)(C)C)c1ccc(Br)cc1F.CCOC(=O)c1ccc([C@@H](CO[Si](C)(C)C(C)(C)C)N[S@@](=O)C(C)(C)C)c(F)c1.CCOC(=O)c1ccc([C@H](N)CO)c(F)c1.S.S.S.S. The van der Waals surface area contributed by atoms with E-state index < -0.39 is 89.8 Å². The molecule has 0 amide bonds. The minimum absolute atomic E-state index is 0. The average molecular weight is 1310 g/mol. The highest BCUT2D eigenvalue weighted by Gasteiger charge is 2.40. The molecule has 0 aliphatic carbocycles. The number of benzene rings is 3. The van der Waals surface area contributed by atoms with Crippen molar-refractivity contribution >= 4 is 120 Å². The molecule has 0 unspecified atom stereocenters. The van der Waals surface area contributed by atoms with Crippen LogP contribution in [0.4, 0.5) is 13.2 Å². The van der Waals surface area contributed by atoms with Crippen molar-refractivity contribution in [2.24, 2.45) is 5.73 Å². The smallest absolute Gasteiger partial charge is 0.338 e. The Morgan fingerprint density at radius 1 is 0.597 bits per heavy atom. The first-order valence-corrected chi connectivity index (χ1v) is 32.1. The number of nitrogens with two attached hydrogens (primary N) is 1. The quantitative estimate of drug-likeness (QED) is 0.0708. The number of rotatable bonds is 18. The van der Waals surface area contributed by atoms with Crippen LogP contribution in [0.25, 0.3) is 0 Å². The Hall–Kier alpha value is -1.24. The number of esters is 2. The van der Waals surface area contributed by atoms with Crippen molar-refractivity contribution in [2.45, 2.75) is 183 Å².